The van der Waals surface area contributed by atoms with Crippen molar-refractivity contribution in [3.05, 3.63) is 35.9 Å². The Kier molecular flexibility index (Phi) is 7.54. The third kappa shape index (κ3) is 8.83. The van der Waals surface area contributed by atoms with Crippen LogP contribution in [0, 0.1) is 0 Å². The van der Waals surface area contributed by atoms with Crippen molar-refractivity contribution in [2.45, 2.75) is 51.8 Å². The van der Waals surface area contributed by atoms with Crippen molar-refractivity contribution in [3.63, 3.8) is 0 Å². The number of carbonyl (C=O) groups excluding carboxylic acids is 2. The van der Waals surface area contributed by atoms with E-state index in [0.29, 0.717) is 18.5 Å². The van der Waals surface area contributed by atoms with Crippen molar-refractivity contribution in [2.75, 3.05) is 6.54 Å². The molecule has 6 nitrogen and oxygen atoms in total. The van der Waals surface area contributed by atoms with Gasteiger partial charge >= 0.3 is 6.09 Å². The van der Waals surface area contributed by atoms with Gasteiger partial charge in [0.15, 0.2) is 0 Å². The number of amides is 2. The van der Waals surface area contributed by atoms with Crippen LogP contribution in [0.2, 0.25) is 0 Å². The minimum absolute atomic E-state index is 0.176. The second-order valence-electron chi connectivity index (χ2n) is 6.37. The molecule has 1 aromatic rings. The fourth-order valence-corrected chi connectivity index (χ4v) is 1.91. The van der Waals surface area contributed by atoms with Gasteiger partial charge in [0.05, 0.1) is 6.17 Å². The molecule has 0 aromatic heterocycles. The lowest BCUT2D eigenvalue weighted by molar-refractivity contribution is 0.0527. The van der Waals surface area contributed by atoms with Crippen LogP contribution in [0.25, 0.3) is 0 Å². The summed E-state index contributed by atoms with van der Waals surface area (Å²) in [5.41, 5.74) is 5.99. The molecule has 1 atom stereocenters. The normalized spacial score (nSPS) is 12.3. The summed E-state index contributed by atoms with van der Waals surface area (Å²) < 4.78 is 5.14. The number of hydrogen-bond donors (Lipinski definition) is 3. The molecule has 0 aliphatic rings. The Balaban J connectivity index is 2.14. The summed E-state index contributed by atoms with van der Waals surface area (Å²) in [7, 11) is 0. The van der Waals surface area contributed by atoms with E-state index in [0.717, 1.165) is 12.8 Å². The maximum Gasteiger partial charge on any atom is 0.407 e. The predicted octanol–water partition coefficient (Wildman–Crippen LogP) is 2.40. The van der Waals surface area contributed by atoms with Crippen LogP contribution in [0.3, 0.4) is 0 Å². The smallest absolute Gasteiger partial charge is 0.407 e. The molecule has 1 aromatic carbocycles. The number of carbonyl (C=O) groups is 2. The SMILES string of the molecule is CC(C)(C)OC(=O)NCCCC[C@H](N)NC(=O)c1ccccc1. The fourth-order valence-electron chi connectivity index (χ4n) is 1.91. The van der Waals surface area contributed by atoms with Crippen LogP contribution >= 0.6 is 0 Å². The molecule has 2 amide bonds. The van der Waals surface area contributed by atoms with Gasteiger partial charge in [-0.05, 0) is 52.2 Å². The van der Waals surface area contributed by atoms with Gasteiger partial charge in [-0.25, -0.2) is 4.79 Å². The molecular formula is C17H27N3O3. The van der Waals surface area contributed by atoms with Gasteiger partial charge in [-0.2, -0.15) is 0 Å². The average molecular weight is 321 g/mol. The van der Waals surface area contributed by atoms with Crippen molar-refractivity contribution in [1.82, 2.24) is 10.6 Å². The van der Waals surface area contributed by atoms with Crippen LogP contribution in [-0.4, -0.2) is 30.3 Å². The maximum atomic E-state index is 11.9. The van der Waals surface area contributed by atoms with Gasteiger partial charge in [-0.3, -0.25) is 4.79 Å². The summed E-state index contributed by atoms with van der Waals surface area (Å²) in [6, 6.07) is 8.96. The number of ether oxygens (including phenoxy) is 1. The number of rotatable bonds is 7. The molecule has 128 valence electrons. The van der Waals surface area contributed by atoms with Gasteiger partial charge in [-0.15, -0.1) is 0 Å². The second-order valence-corrected chi connectivity index (χ2v) is 6.37. The number of unbranched alkanes of at least 4 members (excludes halogenated alkanes) is 1. The average Bonchev–Trinajstić information content (AvgIpc) is 2.46. The first-order chi connectivity index (χ1) is 10.8. The monoisotopic (exact) mass is 321 g/mol. The third-order valence-corrected chi connectivity index (χ3v) is 2.96. The maximum absolute atomic E-state index is 11.9. The van der Waals surface area contributed by atoms with E-state index in [1.807, 2.05) is 39.0 Å². The van der Waals surface area contributed by atoms with E-state index in [1.165, 1.54) is 0 Å². The van der Waals surface area contributed by atoms with Gasteiger partial charge in [-0.1, -0.05) is 18.2 Å². The number of hydrogen-bond acceptors (Lipinski definition) is 4. The molecule has 0 radical (unpaired) electrons. The number of alkyl carbamates (subject to hydrolysis) is 1. The first kappa shape index (κ1) is 19.0. The summed E-state index contributed by atoms with van der Waals surface area (Å²) in [4.78, 5) is 23.3. The van der Waals surface area contributed by atoms with Gasteiger partial charge in [0.25, 0.3) is 5.91 Å². The summed E-state index contributed by atoms with van der Waals surface area (Å²) in [5.74, 6) is -0.176. The Morgan fingerprint density at radius 3 is 2.43 bits per heavy atom. The zero-order chi connectivity index (χ0) is 17.3. The van der Waals surface area contributed by atoms with E-state index >= 15 is 0 Å². The van der Waals surface area contributed by atoms with Crippen molar-refractivity contribution in [1.29, 1.82) is 0 Å². The zero-order valence-corrected chi connectivity index (χ0v) is 14.1. The van der Waals surface area contributed by atoms with E-state index in [2.05, 4.69) is 10.6 Å². The molecule has 0 spiro atoms. The topological polar surface area (TPSA) is 93.4 Å². The molecule has 0 saturated heterocycles. The minimum atomic E-state index is -0.492. The lowest BCUT2D eigenvalue weighted by Gasteiger charge is -2.19. The highest BCUT2D eigenvalue weighted by Gasteiger charge is 2.15. The number of nitrogens with one attached hydrogen (secondary N) is 2. The van der Waals surface area contributed by atoms with E-state index in [9.17, 15) is 9.59 Å². The largest absolute Gasteiger partial charge is 0.444 e. The van der Waals surface area contributed by atoms with Gasteiger partial charge in [0, 0.05) is 12.1 Å². The second kappa shape index (κ2) is 9.15. The molecular weight excluding hydrogens is 294 g/mol. The quantitative estimate of drug-likeness (QED) is 0.531. The van der Waals surface area contributed by atoms with Crippen molar-refractivity contribution < 1.29 is 14.3 Å². The first-order valence-electron chi connectivity index (χ1n) is 7.86. The van der Waals surface area contributed by atoms with Crippen molar-refractivity contribution in [3.8, 4) is 0 Å². The Bertz CT molecular complexity index is 498. The third-order valence-electron chi connectivity index (χ3n) is 2.96. The summed E-state index contributed by atoms with van der Waals surface area (Å²) in [6.45, 7) is 5.98. The standard InChI is InChI=1S/C17H27N3O3/c1-17(2,3)23-16(22)19-12-8-7-11-14(18)20-15(21)13-9-5-4-6-10-13/h4-6,9-10,14H,7-8,11-12,18H2,1-3H3,(H,19,22)(H,20,21)/t14-/m1/s1. The lowest BCUT2D eigenvalue weighted by Crippen LogP contribution is -2.41. The van der Waals surface area contributed by atoms with E-state index in [4.69, 9.17) is 10.5 Å². The highest BCUT2D eigenvalue weighted by Crippen LogP contribution is 2.06. The van der Waals surface area contributed by atoms with Crippen LogP contribution in [-0.2, 0) is 4.74 Å². The molecule has 6 heteroatoms. The molecule has 0 fully saturated rings. The van der Waals surface area contributed by atoms with E-state index < -0.39 is 17.9 Å². The van der Waals surface area contributed by atoms with Crippen LogP contribution < -0.4 is 16.4 Å². The van der Waals surface area contributed by atoms with Gasteiger partial charge < -0.3 is 21.1 Å². The highest BCUT2D eigenvalue weighted by molar-refractivity contribution is 5.94. The molecule has 0 unspecified atom stereocenters. The Labute approximate surface area is 137 Å². The van der Waals surface area contributed by atoms with Crippen molar-refractivity contribution in [2.24, 2.45) is 5.73 Å². The molecule has 1 rings (SSSR count). The van der Waals surface area contributed by atoms with Crippen LogP contribution in [0.15, 0.2) is 30.3 Å². The van der Waals surface area contributed by atoms with Crippen molar-refractivity contribution >= 4 is 12.0 Å². The Morgan fingerprint density at radius 2 is 1.83 bits per heavy atom. The number of benzene rings is 1. The zero-order valence-electron chi connectivity index (χ0n) is 14.1. The first-order valence-corrected chi connectivity index (χ1v) is 7.86. The summed E-state index contributed by atoms with van der Waals surface area (Å²) in [6.07, 6.45) is 1.40. The molecule has 0 aliphatic heterocycles. The summed E-state index contributed by atoms with van der Waals surface area (Å²) in [5, 5.41) is 5.44. The molecule has 23 heavy (non-hydrogen) atoms. The van der Waals surface area contributed by atoms with Crippen LogP contribution in [0.4, 0.5) is 4.79 Å². The molecule has 0 aliphatic carbocycles. The highest BCUT2D eigenvalue weighted by atomic mass is 16.6. The summed E-state index contributed by atoms with van der Waals surface area (Å²) >= 11 is 0. The lowest BCUT2D eigenvalue weighted by atomic mass is 10.2. The molecule has 0 heterocycles. The minimum Gasteiger partial charge on any atom is -0.444 e. The van der Waals surface area contributed by atoms with E-state index in [1.54, 1.807) is 12.1 Å². The van der Waals surface area contributed by atoms with Crippen LogP contribution in [0.5, 0.6) is 0 Å². The van der Waals surface area contributed by atoms with Gasteiger partial charge in [0.1, 0.15) is 5.60 Å². The Hall–Kier alpha value is -2.08. The van der Waals surface area contributed by atoms with Gasteiger partial charge in [0.2, 0.25) is 0 Å². The molecule has 0 saturated carbocycles. The molecule has 4 N–H and O–H groups in total. The number of nitrogens with two attached hydrogens (primary N) is 1. The van der Waals surface area contributed by atoms with E-state index in [-0.39, 0.29) is 5.91 Å². The molecule has 0 bridgehead atoms. The predicted molar refractivity (Wildman–Crippen MR) is 90.0 cm³/mol. The Morgan fingerprint density at radius 1 is 1.17 bits per heavy atom. The van der Waals surface area contributed by atoms with Crippen LogP contribution in [0.1, 0.15) is 50.4 Å². The fraction of sp³-hybridized carbons (Fsp3) is 0.529.